The van der Waals surface area contributed by atoms with Gasteiger partial charge in [-0.25, -0.2) is 10.8 Å². The molecule has 1 aromatic rings. The Bertz CT molecular complexity index is 327. The molecule has 0 bridgehead atoms. The van der Waals surface area contributed by atoms with Crippen LogP contribution in [0.2, 0.25) is 0 Å². The highest BCUT2D eigenvalue weighted by Crippen LogP contribution is 2.27. The molecule has 0 saturated carbocycles. The number of rotatable bonds is 4. The minimum Gasteiger partial charge on any atom is -0.344 e. The molecule has 6 N–H and O–H groups in total. The lowest BCUT2D eigenvalue weighted by Crippen LogP contribution is -2.18. The fraction of sp³-hybridized carbons (Fsp3) is 0.417. The molecule has 1 aromatic carbocycles. The molecular formula is C12H22N4. The van der Waals surface area contributed by atoms with Crippen LogP contribution in [0, 0.1) is 0 Å². The summed E-state index contributed by atoms with van der Waals surface area (Å²) in [7, 11) is 0. The molecule has 0 aliphatic carbocycles. The number of nitrogens with zero attached hydrogens (tertiary/aromatic N) is 1. The van der Waals surface area contributed by atoms with Gasteiger partial charge in [-0.05, 0) is 29.5 Å². The average Bonchev–Trinajstić information content (AvgIpc) is 2.27. The zero-order valence-electron chi connectivity index (χ0n) is 10.3. The monoisotopic (exact) mass is 222 g/mol. The first-order chi connectivity index (χ1) is 7.10. The van der Waals surface area contributed by atoms with Gasteiger partial charge in [-0.3, -0.25) is 0 Å². The molecule has 0 atom stereocenters. The Labute approximate surface area is 97.5 Å². The summed E-state index contributed by atoms with van der Waals surface area (Å²) in [6.45, 7) is 6.68. The maximum absolute atomic E-state index is 5.10. The molecule has 0 aliphatic heterocycles. The first-order valence-corrected chi connectivity index (χ1v) is 5.19. The van der Waals surface area contributed by atoms with E-state index in [4.69, 9.17) is 5.84 Å². The molecule has 0 amide bonds. The summed E-state index contributed by atoms with van der Waals surface area (Å²) in [6, 6.07) is 8.24. The van der Waals surface area contributed by atoms with Gasteiger partial charge in [0.25, 0.3) is 0 Å². The molecule has 16 heavy (non-hydrogen) atoms. The second-order valence-electron chi connectivity index (χ2n) is 4.21. The second-order valence-corrected chi connectivity index (χ2v) is 4.21. The molecule has 0 spiro atoms. The molecule has 0 aromatic heterocycles. The molecule has 0 radical (unpaired) electrons. The lowest BCUT2D eigenvalue weighted by Gasteiger charge is -2.23. The quantitative estimate of drug-likeness (QED) is 0.317. The first-order valence-electron chi connectivity index (χ1n) is 5.19. The Morgan fingerprint density at radius 3 is 2.31 bits per heavy atom. The molecule has 4 heteroatoms. The Kier molecular flexibility index (Phi) is 5.71. The molecule has 0 fully saturated rings. The van der Waals surface area contributed by atoms with E-state index < -0.39 is 0 Å². The molecule has 90 valence electrons. The number of nitrogens with one attached hydrogen (secondary N) is 1. The van der Waals surface area contributed by atoms with E-state index in [-0.39, 0.29) is 11.6 Å². The molecule has 0 saturated heterocycles. The number of aliphatic imine (C=N–C) groups is 1. The van der Waals surface area contributed by atoms with Crippen molar-refractivity contribution < 1.29 is 0 Å². The van der Waals surface area contributed by atoms with Crippen molar-refractivity contribution in [2.24, 2.45) is 10.8 Å². The first kappa shape index (κ1) is 14.6. The van der Waals surface area contributed by atoms with Crippen LogP contribution in [-0.2, 0) is 5.41 Å². The molecular weight excluding hydrogens is 200 g/mol. The fourth-order valence-corrected chi connectivity index (χ4v) is 1.31. The van der Waals surface area contributed by atoms with E-state index in [9.17, 15) is 0 Å². The van der Waals surface area contributed by atoms with E-state index in [2.05, 4.69) is 43.3 Å². The van der Waals surface area contributed by atoms with Crippen molar-refractivity contribution in [2.75, 3.05) is 0 Å². The highest BCUT2D eigenvalue weighted by Gasteiger charge is 2.17. The van der Waals surface area contributed by atoms with E-state index in [1.807, 2.05) is 12.1 Å². The summed E-state index contributed by atoms with van der Waals surface area (Å²) in [5.74, 6) is 5.10. The highest BCUT2D eigenvalue weighted by atomic mass is 15.2. The zero-order chi connectivity index (χ0) is 11.3. The van der Waals surface area contributed by atoms with Crippen molar-refractivity contribution in [1.29, 1.82) is 0 Å². The minimum atomic E-state index is 0. The lowest BCUT2D eigenvalue weighted by atomic mass is 9.82. The van der Waals surface area contributed by atoms with Crippen LogP contribution in [0.5, 0.6) is 0 Å². The number of nitrogens with two attached hydrogens (primary N) is 1. The molecule has 0 heterocycles. The number of hydrogen-bond acceptors (Lipinski definition) is 3. The normalized spacial score (nSPS) is 11.2. The molecule has 1 rings (SSSR count). The van der Waals surface area contributed by atoms with Crippen LogP contribution in [0.4, 0.5) is 5.69 Å². The predicted octanol–water partition coefficient (Wildman–Crippen LogP) is 2.66. The number of hydrogen-bond donors (Lipinski definition) is 3. The van der Waals surface area contributed by atoms with Crippen molar-refractivity contribution in [2.45, 2.75) is 32.6 Å². The number of benzene rings is 1. The van der Waals surface area contributed by atoms with Gasteiger partial charge in [0.1, 0.15) is 6.34 Å². The average molecular weight is 222 g/mol. The Morgan fingerprint density at radius 1 is 1.31 bits per heavy atom. The van der Waals surface area contributed by atoms with Crippen molar-refractivity contribution in [3.63, 3.8) is 0 Å². The van der Waals surface area contributed by atoms with Crippen molar-refractivity contribution >= 4 is 12.0 Å². The summed E-state index contributed by atoms with van der Waals surface area (Å²) in [5.41, 5.74) is 4.85. The SMILES string of the molecule is CCC(C)(C)c1ccc(N=CNN)cc1.N. The van der Waals surface area contributed by atoms with E-state index in [1.54, 1.807) is 0 Å². The van der Waals surface area contributed by atoms with Crippen LogP contribution in [0.1, 0.15) is 32.8 Å². The van der Waals surface area contributed by atoms with Crippen LogP contribution in [-0.4, -0.2) is 6.34 Å². The summed E-state index contributed by atoms with van der Waals surface area (Å²) >= 11 is 0. The van der Waals surface area contributed by atoms with Crippen molar-refractivity contribution in [1.82, 2.24) is 11.6 Å². The molecule has 0 aliphatic rings. The third-order valence-electron chi connectivity index (χ3n) is 2.82. The Morgan fingerprint density at radius 2 is 1.88 bits per heavy atom. The smallest absolute Gasteiger partial charge is 0.103 e. The van der Waals surface area contributed by atoms with Gasteiger partial charge in [-0.15, -0.1) is 0 Å². The minimum absolute atomic E-state index is 0. The topological polar surface area (TPSA) is 85.4 Å². The summed E-state index contributed by atoms with van der Waals surface area (Å²) in [4.78, 5) is 4.11. The molecule has 4 nitrogen and oxygen atoms in total. The fourth-order valence-electron chi connectivity index (χ4n) is 1.31. The van der Waals surface area contributed by atoms with Crippen LogP contribution >= 0.6 is 0 Å². The van der Waals surface area contributed by atoms with E-state index in [1.165, 1.54) is 11.9 Å². The van der Waals surface area contributed by atoms with Crippen LogP contribution in [0.15, 0.2) is 29.3 Å². The van der Waals surface area contributed by atoms with Gasteiger partial charge in [-0.2, -0.15) is 0 Å². The third-order valence-corrected chi connectivity index (χ3v) is 2.82. The van der Waals surface area contributed by atoms with Crippen LogP contribution < -0.4 is 17.4 Å². The van der Waals surface area contributed by atoms with Crippen LogP contribution in [0.3, 0.4) is 0 Å². The summed E-state index contributed by atoms with van der Waals surface area (Å²) in [6.07, 6.45) is 2.60. The van der Waals surface area contributed by atoms with Crippen molar-refractivity contribution in [3.05, 3.63) is 29.8 Å². The zero-order valence-corrected chi connectivity index (χ0v) is 10.3. The van der Waals surface area contributed by atoms with Crippen molar-refractivity contribution in [3.8, 4) is 0 Å². The summed E-state index contributed by atoms with van der Waals surface area (Å²) < 4.78 is 0. The van der Waals surface area contributed by atoms with Gasteiger partial charge in [0, 0.05) is 0 Å². The van der Waals surface area contributed by atoms with E-state index in [0.717, 1.165) is 12.1 Å². The summed E-state index contributed by atoms with van der Waals surface area (Å²) in [5, 5.41) is 0. The van der Waals surface area contributed by atoms with E-state index in [0.29, 0.717) is 0 Å². The maximum Gasteiger partial charge on any atom is 0.103 e. The maximum atomic E-state index is 5.10. The predicted molar refractivity (Wildman–Crippen MR) is 70.3 cm³/mol. The Hall–Kier alpha value is -1.39. The van der Waals surface area contributed by atoms with Gasteiger partial charge in [0.15, 0.2) is 0 Å². The highest BCUT2D eigenvalue weighted by molar-refractivity contribution is 5.60. The third kappa shape index (κ3) is 3.64. The van der Waals surface area contributed by atoms with Gasteiger partial charge < -0.3 is 11.6 Å². The van der Waals surface area contributed by atoms with Gasteiger partial charge in [0.05, 0.1) is 5.69 Å². The second kappa shape index (κ2) is 6.25. The Balaban J connectivity index is 0.00000225. The standard InChI is InChI=1S/C12H19N3.H3N/c1-4-12(2,3)10-5-7-11(8-6-10)14-9-15-13;/h5-9H,4,13H2,1-3H3,(H,14,15);1H3. The van der Waals surface area contributed by atoms with Gasteiger partial charge >= 0.3 is 0 Å². The molecule has 0 unspecified atom stereocenters. The van der Waals surface area contributed by atoms with Crippen LogP contribution in [0.25, 0.3) is 0 Å². The number of hydrazine groups is 1. The van der Waals surface area contributed by atoms with Gasteiger partial charge in [0.2, 0.25) is 0 Å². The lowest BCUT2D eigenvalue weighted by molar-refractivity contribution is 0.506. The van der Waals surface area contributed by atoms with E-state index >= 15 is 0 Å². The largest absolute Gasteiger partial charge is 0.344 e. The van der Waals surface area contributed by atoms with Gasteiger partial charge in [-0.1, -0.05) is 32.9 Å².